The molecule has 0 fully saturated rings. The number of hydrogen-bond acceptors (Lipinski definition) is 2. The van der Waals surface area contributed by atoms with E-state index in [0.717, 1.165) is 17.8 Å². The molecule has 0 saturated heterocycles. The van der Waals surface area contributed by atoms with Crippen molar-refractivity contribution in [1.82, 2.24) is 9.78 Å². The van der Waals surface area contributed by atoms with Crippen molar-refractivity contribution in [1.29, 1.82) is 0 Å². The zero-order chi connectivity index (χ0) is 14.5. The maximum atomic E-state index is 4.33. The molecule has 106 valence electrons. The summed E-state index contributed by atoms with van der Waals surface area (Å²) in [6.07, 6.45) is 4.78. The third-order valence-electron chi connectivity index (χ3n) is 3.60. The van der Waals surface area contributed by atoms with E-state index in [1.807, 2.05) is 35.1 Å². The highest BCUT2D eigenvalue weighted by Gasteiger charge is 2.11. The highest BCUT2D eigenvalue weighted by molar-refractivity contribution is 5.61. The first-order chi connectivity index (χ1) is 10.4. The summed E-state index contributed by atoms with van der Waals surface area (Å²) in [7, 11) is 0. The van der Waals surface area contributed by atoms with E-state index in [1.54, 1.807) is 6.20 Å². The van der Waals surface area contributed by atoms with Gasteiger partial charge in [0, 0.05) is 12.4 Å². The van der Waals surface area contributed by atoms with Crippen molar-refractivity contribution in [2.45, 2.75) is 19.4 Å². The number of benzene rings is 2. The molecule has 1 heterocycles. The number of aromatic nitrogens is 2. The molecule has 1 unspecified atom stereocenters. The van der Waals surface area contributed by atoms with Gasteiger partial charge < -0.3 is 5.32 Å². The summed E-state index contributed by atoms with van der Waals surface area (Å²) in [6, 6.07) is 21.0. The summed E-state index contributed by atoms with van der Waals surface area (Å²) in [5, 5.41) is 7.97. The Labute approximate surface area is 125 Å². The summed E-state index contributed by atoms with van der Waals surface area (Å²) in [4.78, 5) is 0. The quantitative estimate of drug-likeness (QED) is 0.747. The molecule has 21 heavy (non-hydrogen) atoms. The van der Waals surface area contributed by atoms with Gasteiger partial charge in [-0.25, -0.2) is 4.68 Å². The van der Waals surface area contributed by atoms with E-state index in [-0.39, 0.29) is 0 Å². The zero-order valence-electron chi connectivity index (χ0n) is 12.1. The first-order valence-electron chi connectivity index (χ1n) is 7.29. The lowest BCUT2D eigenvalue weighted by atomic mass is 10.0. The van der Waals surface area contributed by atoms with Crippen LogP contribution in [0, 0.1) is 0 Å². The Kier molecular flexibility index (Phi) is 4.01. The van der Waals surface area contributed by atoms with Gasteiger partial charge in [-0.2, -0.15) is 5.10 Å². The van der Waals surface area contributed by atoms with E-state index in [1.165, 1.54) is 5.56 Å². The van der Waals surface area contributed by atoms with Crippen LogP contribution in [0.3, 0.4) is 0 Å². The van der Waals surface area contributed by atoms with Crippen LogP contribution in [0.2, 0.25) is 0 Å². The van der Waals surface area contributed by atoms with Crippen molar-refractivity contribution in [2.75, 3.05) is 5.32 Å². The van der Waals surface area contributed by atoms with E-state index in [2.05, 4.69) is 53.7 Å². The highest BCUT2D eigenvalue weighted by atomic mass is 15.3. The van der Waals surface area contributed by atoms with Gasteiger partial charge in [0.15, 0.2) is 0 Å². The fourth-order valence-electron chi connectivity index (χ4n) is 2.50. The van der Waals surface area contributed by atoms with Crippen LogP contribution in [0.4, 0.5) is 5.69 Å². The third kappa shape index (κ3) is 2.97. The maximum absolute atomic E-state index is 4.33. The molecule has 0 radical (unpaired) electrons. The molecule has 0 aliphatic rings. The maximum Gasteiger partial charge on any atom is 0.0876 e. The average Bonchev–Trinajstić information content (AvgIpc) is 3.08. The second kappa shape index (κ2) is 6.27. The Morgan fingerprint density at radius 3 is 2.48 bits per heavy atom. The second-order valence-electron chi connectivity index (χ2n) is 4.98. The number of nitrogens with zero attached hydrogens (tertiary/aromatic N) is 2. The van der Waals surface area contributed by atoms with Crippen molar-refractivity contribution in [3.8, 4) is 5.69 Å². The van der Waals surface area contributed by atoms with Crippen molar-refractivity contribution in [3.05, 3.63) is 78.6 Å². The molecule has 0 aliphatic carbocycles. The Balaban J connectivity index is 1.91. The predicted octanol–water partition coefficient (Wildman–Crippen LogP) is 4.44. The molecule has 3 nitrogen and oxygen atoms in total. The summed E-state index contributed by atoms with van der Waals surface area (Å²) in [6.45, 7) is 2.20. The van der Waals surface area contributed by atoms with E-state index in [0.29, 0.717) is 6.04 Å². The first kappa shape index (κ1) is 13.4. The van der Waals surface area contributed by atoms with E-state index in [4.69, 9.17) is 0 Å². The Bertz CT molecular complexity index is 675. The standard InChI is InChI=1S/C18H19N3/c1-2-16(15-9-4-3-5-10-15)20-17-11-6-7-12-18(17)21-14-8-13-19-21/h3-14,16,20H,2H2,1H3. The highest BCUT2D eigenvalue weighted by Crippen LogP contribution is 2.26. The number of rotatable bonds is 5. The van der Waals surface area contributed by atoms with Gasteiger partial charge in [0.05, 0.1) is 17.4 Å². The molecular formula is C18H19N3. The molecule has 2 aromatic carbocycles. The molecule has 0 saturated carbocycles. The van der Waals surface area contributed by atoms with Crippen LogP contribution in [0.25, 0.3) is 5.69 Å². The SMILES string of the molecule is CCC(Nc1ccccc1-n1cccn1)c1ccccc1. The zero-order valence-corrected chi connectivity index (χ0v) is 12.1. The second-order valence-corrected chi connectivity index (χ2v) is 4.98. The summed E-state index contributed by atoms with van der Waals surface area (Å²) in [5.74, 6) is 0. The number of nitrogens with one attached hydrogen (secondary N) is 1. The summed E-state index contributed by atoms with van der Waals surface area (Å²) >= 11 is 0. The van der Waals surface area contributed by atoms with Crippen molar-refractivity contribution in [3.63, 3.8) is 0 Å². The molecule has 0 aliphatic heterocycles. The Hall–Kier alpha value is -2.55. The van der Waals surface area contributed by atoms with Crippen LogP contribution in [-0.2, 0) is 0 Å². The lowest BCUT2D eigenvalue weighted by molar-refractivity contribution is 0.746. The molecule has 0 spiro atoms. The normalized spacial score (nSPS) is 12.0. The smallest absolute Gasteiger partial charge is 0.0876 e. The molecule has 0 bridgehead atoms. The molecular weight excluding hydrogens is 258 g/mol. The molecule has 3 rings (SSSR count). The molecule has 0 amide bonds. The lowest BCUT2D eigenvalue weighted by Crippen LogP contribution is -2.11. The van der Waals surface area contributed by atoms with Crippen LogP contribution in [0.15, 0.2) is 73.1 Å². The van der Waals surface area contributed by atoms with Crippen molar-refractivity contribution < 1.29 is 0 Å². The van der Waals surface area contributed by atoms with Gasteiger partial charge in [0.1, 0.15) is 0 Å². The van der Waals surface area contributed by atoms with Crippen molar-refractivity contribution in [2.24, 2.45) is 0 Å². The summed E-state index contributed by atoms with van der Waals surface area (Å²) < 4.78 is 1.89. The molecule has 1 aromatic heterocycles. The summed E-state index contributed by atoms with van der Waals surface area (Å²) in [5.41, 5.74) is 3.46. The van der Waals surface area contributed by atoms with E-state index in [9.17, 15) is 0 Å². The number of para-hydroxylation sites is 2. The molecule has 3 heteroatoms. The molecule has 1 atom stereocenters. The number of anilines is 1. The van der Waals surface area contributed by atoms with Gasteiger partial charge in [-0.1, -0.05) is 49.4 Å². The first-order valence-corrected chi connectivity index (χ1v) is 7.29. The van der Waals surface area contributed by atoms with E-state index >= 15 is 0 Å². The fourth-order valence-corrected chi connectivity index (χ4v) is 2.50. The largest absolute Gasteiger partial charge is 0.377 e. The number of hydrogen-bond donors (Lipinski definition) is 1. The van der Waals surface area contributed by atoms with Gasteiger partial charge in [-0.15, -0.1) is 0 Å². The van der Waals surface area contributed by atoms with Crippen molar-refractivity contribution >= 4 is 5.69 Å². The minimum absolute atomic E-state index is 0.294. The molecule has 3 aromatic rings. The van der Waals surface area contributed by atoms with Gasteiger partial charge in [-0.05, 0) is 30.2 Å². The fraction of sp³-hybridized carbons (Fsp3) is 0.167. The Morgan fingerprint density at radius 2 is 1.76 bits per heavy atom. The monoisotopic (exact) mass is 277 g/mol. The average molecular weight is 277 g/mol. The van der Waals surface area contributed by atoms with E-state index < -0.39 is 0 Å². The topological polar surface area (TPSA) is 29.9 Å². The minimum Gasteiger partial charge on any atom is -0.377 e. The van der Waals surface area contributed by atoms with Crippen LogP contribution < -0.4 is 5.32 Å². The van der Waals surface area contributed by atoms with Gasteiger partial charge in [0.25, 0.3) is 0 Å². The van der Waals surface area contributed by atoms with Crippen LogP contribution in [-0.4, -0.2) is 9.78 Å². The van der Waals surface area contributed by atoms with Gasteiger partial charge >= 0.3 is 0 Å². The van der Waals surface area contributed by atoms with Crippen LogP contribution in [0.5, 0.6) is 0 Å². The predicted molar refractivity (Wildman–Crippen MR) is 86.7 cm³/mol. The lowest BCUT2D eigenvalue weighted by Gasteiger charge is -2.21. The minimum atomic E-state index is 0.294. The van der Waals surface area contributed by atoms with Crippen LogP contribution in [0.1, 0.15) is 24.9 Å². The third-order valence-corrected chi connectivity index (χ3v) is 3.60. The molecule has 1 N–H and O–H groups in total. The Morgan fingerprint density at radius 1 is 1.00 bits per heavy atom. The van der Waals surface area contributed by atoms with Gasteiger partial charge in [0.2, 0.25) is 0 Å². The van der Waals surface area contributed by atoms with Crippen LogP contribution >= 0.6 is 0 Å². The van der Waals surface area contributed by atoms with Gasteiger partial charge in [-0.3, -0.25) is 0 Å².